The Morgan fingerprint density at radius 2 is 2.06 bits per heavy atom. The first-order valence-corrected chi connectivity index (χ1v) is 8.91. The van der Waals surface area contributed by atoms with Crippen LogP contribution in [0.3, 0.4) is 0 Å². The number of piperazine rings is 1. The van der Waals surface area contributed by atoms with E-state index < -0.39 is 0 Å². The molecule has 0 bridgehead atoms. The summed E-state index contributed by atoms with van der Waals surface area (Å²) < 4.78 is 0. The second kappa shape index (κ2) is 6.62. The van der Waals surface area contributed by atoms with Gasteiger partial charge in [-0.1, -0.05) is 26.2 Å². The summed E-state index contributed by atoms with van der Waals surface area (Å²) >= 11 is 2.08. The van der Waals surface area contributed by atoms with Crippen molar-refractivity contribution < 1.29 is 0 Å². The van der Waals surface area contributed by atoms with E-state index in [0.717, 1.165) is 6.04 Å². The summed E-state index contributed by atoms with van der Waals surface area (Å²) in [6, 6.07) is 1.43. The first-order chi connectivity index (χ1) is 8.67. The number of hydrogen-bond donors (Lipinski definition) is 1. The number of nitrogens with one attached hydrogen (secondary N) is 1. The molecule has 0 aromatic rings. The van der Waals surface area contributed by atoms with Crippen molar-refractivity contribution >= 4 is 11.8 Å². The summed E-state index contributed by atoms with van der Waals surface area (Å²) in [5, 5.41) is 3.88. The Morgan fingerprint density at radius 3 is 2.72 bits per heavy atom. The van der Waals surface area contributed by atoms with Gasteiger partial charge in [-0.2, -0.15) is 11.8 Å². The molecule has 0 aromatic heterocycles. The average Bonchev–Trinajstić information content (AvgIpc) is 2.40. The lowest BCUT2D eigenvalue weighted by Gasteiger charge is -2.51. The highest BCUT2D eigenvalue weighted by Gasteiger charge is 2.39. The highest BCUT2D eigenvalue weighted by atomic mass is 32.2. The Hall–Kier alpha value is 0.270. The summed E-state index contributed by atoms with van der Waals surface area (Å²) in [4.78, 5) is 2.77. The molecular formula is C15H30N2S. The van der Waals surface area contributed by atoms with Crippen LogP contribution in [0.1, 0.15) is 52.9 Å². The van der Waals surface area contributed by atoms with E-state index in [-0.39, 0.29) is 0 Å². The molecule has 1 aliphatic heterocycles. The number of hydrogen-bond acceptors (Lipinski definition) is 3. The number of nitrogens with zero attached hydrogens (tertiary/aromatic N) is 1. The Morgan fingerprint density at radius 1 is 1.33 bits per heavy atom. The van der Waals surface area contributed by atoms with E-state index in [2.05, 4.69) is 42.7 Å². The van der Waals surface area contributed by atoms with Crippen molar-refractivity contribution in [2.75, 3.05) is 24.6 Å². The van der Waals surface area contributed by atoms with Crippen LogP contribution in [0.15, 0.2) is 0 Å². The van der Waals surface area contributed by atoms with Crippen LogP contribution in [-0.2, 0) is 0 Å². The Balaban J connectivity index is 1.95. The molecule has 2 atom stereocenters. The molecule has 2 aliphatic rings. The minimum atomic E-state index is 0.454. The van der Waals surface area contributed by atoms with Gasteiger partial charge in [-0.25, -0.2) is 0 Å². The van der Waals surface area contributed by atoms with E-state index in [1.54, 1.807) is 0 Å². The summed E-state index contributed by atoms with van der Waals surface area (Å²) in [5.74, 6) is 2.53. The first kappa shape index (κ1) is 14.7. The van der Waals surface area contributed by atoms with Gasteiger partial charge in [0.15, 0.2) is 0 Å². The normalized spacial score (nSPS) is 30.5. The van der Waals surface area contributed by atoms with Crippen LogP contribution >= 0.6 is 11.8 Å². The standard InChI is InChI=1S/C15H30N2S/c1-4-18-11-14(3)17-12-15(16-10-13(17)2)8-6-5-7-9-15/h13-14,16H,4-12H2,1-3H3. The highest BCUT2D eigenvalue weighted by molar-refractivity contribution is 7.99. The third kappa shape index (κ3) is 3.43. The summed E-state index contributed by atoms with van der Waals surface area (Å²) in [6.07, 6.45) is 7.08. The van der Waals surface area contributed by atoms with Crippen molar-refractivity contribution in [1.29, 1.82) is 0 Å². The van der Waals surface area contributed by atoms with Gasteiger partial charge in [0.1, 0.15) is 0 Å². The van der Waals surface area contributed by atoms with Gasteiger partial charge in [0.25, 0.3) is 0 Å². The van der Waals surface area contributed by atoms with Crippen LogP contribution < -0.4 is 5.32 Å². The van der Waals surface area contributed by atoms with Gasteiger partial charge in [0, 0.05) is 36.5 Å². The van der Waals surface area contributed by atoms with Crippen LogP contribution in [0.4, 0.5) is 0 Å². The fraction of sp³-hybridized carbons (Fsp3) is 1.00. The van der Waals surface area contributed by atoms with Crippen molar-refractivity contribution in [1.82, 2.24) is 10.2 Å². The van der Waals surface area contributed by atoms with Crippen molar-refractivity contribution in [3.63, 3.8) is 0 Å². The molecule has 1 heterocycles. The molecule has 0 radical (unpaired) electrons. The highest BCUT2D eigenvalue weighted by Crippen LogP contribution is 2.32. The predicted molar refractivity (Wildman–Crippen MR) is 82.4 cm³/mol. The second-order valence-corrected chi connectivity index (χ2v) is 7.57. The van der Waals surface area contributed by atoms with Gasteiger partial charge >= 0.3 is 0 Å². The van der Waals surface area contributed by atoms with Crippen LogP contribution in [0.5, 0.6) is 0 Å². The zero-order valence-electron chi connectivity index (χ0n) is 12.4. The maximum absolute atomic E-state index is 3.88. The van der Waals surface area contributed by atoms with E-state index >= 15 is 0 Å². The summed E-state index contributed by atoms with van der Waals surface area (Å²) in [5.41, 5.74) is 0.454. The first-order valence-electron chi connectivity index (χ1n) is 7.75. The molecule has 2 unspecified atom stereocenters. The molecule has 1 N–H and O–H groups in total. The Bertz CT molecular complexity index is 251. The monoisotopic (exact) mass is 270 g/mol. The van der Waals surface area contributed by atoms with Crippen molar-refractivity contribution in [2.24, 2.45) is 0 Å². The lowest BCUT2D eigenvalue weighted by Crippen LogP contribution is -2.66. The third-order valence-electron chi connectivity index (χ3n) is 4.76. The van der Waals surface area contributed by atoms with Gasteiger partial charge in [0.05, 0.1) is 0 Å². The Labute approximate surface area is 117 Å². The van der Waals surface area contributed by atoms with Crippen LogP contribution in [-0.4, -0.2) is 47.1 Å². The van der Waals surface area contributed by atoms with Crippen molar-refractivity contribution in [2.45, 2.75) is 70.5 Å². The van der Waals surface area contributed by atoms with Gasteiger partial charge in [-0.05, 0) is 32.4 Å². The van der Waals surface area contributed by atoms with Gasteiger partial charge in [0.2, 0.25) is 0 Å². The molecule has 0 amide bonds. The molecule has 18 heavy (non-hydrogen) atoms. The van der Waals surface area contributed by atoms with Crippen LogP contribution in [0.25, 0.3) is 0 Å². The van der Waals surface area contributed by atoms with Crippen LogP contribution in [0, 0.1) is 0 Å². The average molecular weight is 270 g/mol. The van der Waals surface area contributed by atoms with E-state index in [0.29, 0.717) is 11.6 Å². The largest absolute Gasteiger partial charge is 0.308 e. The molecule has 1 saturated carbocycles. The van der Waals surface area contributed by atoms with Gasteiger partial charge in [-0.3, -0.25) is 4.90 Å². The molecule has 0 aromatic carbocycles. The zero-order chi connectivity index (χ0) is 13.0. The molecule has 2 rings (SSSR count). The molecule has 1 spiro atoms. The molecule has 1 saturated heterocycles. The molecule has 2 fully saturated rings. The predicted octanol–water partition coefficient (Wildman–Crippen LogP) is 3.12. The van der Waals surface area contributed by atoms with E-state index in [9.17, 15) is 0 Å². The SMILES string of the molecule is CCSCC(C)N1CC2(CCCCC2)NCC1C. The van der Waals surface area contributed by atoms with Crippen LogP contribution in [0.2, 0.25) is 0 Å². The maximum atomic E-state index is 3.88. The fourth-order valence-corrected chi connectivity index (χ4v) is 4.35. The fourth-order valence-electron chi connectivity index (χ4n) is 3.58. The van der Waals surface area contributed by atoms with Gasteiger partial charge in [-0.15, -0.1) is 0 Å². The topological polar surface area (TPSA) is 15.3 Å². The van der Waals surface area contributed by atoms with E-state index in [1.807, 2.05) is 0 Å². The summed E-state index contributed by atoms with van der Waals surface area (Å²) in [6.45, 7) is 9.53. The minimum absolute atomic E-state index is 0.454. The smallest absolute Gasteiger partial charge is 0.0309 e. The molecule has 1 aliphatic carbocycles. The van der Waals surface area contributed by atoms with Crippen molar-refractivity contribution in [3.8, 4) is 0 Å². The molecule has 2 nitrogen and oxygen atoms in total. The molecular weight excluding hydrogens is 240 g/mol. The minimum Gasteiger partial charge on any atom is -0.308 e. The van der Waals surface area contributed by atoms with Crippen molar-refractivity contribution in [3.05, 3.63) is 0 Å². The Kier molecular flexibility index (Phi) is 5.40. The summed E-state index contributed by atoms with van der Waals surface area (Å²) in [7, 11) is 0. The molecule has 106 valence electrons. The molecule has 3 heteroatoms. The van der Waals surface area contributed by atoms with E-state index in [4.69, 9.17) is 0 Å². The third-order valence-corrected chi connectivity index (χ3v) is 5.89. The second-order valence-electron chi connectivity index (χ2n) is 6.25. The quantitative estimate of drug-likeness (QED) is 0.845. The van der Waals surface area contributed by atoms with Gasteiger partial charge < -0.3 is 5.32 Å². The maximum Gasteiger partial charge on any atom is 0.0309 e. The lowest BCUT2D eigenvalue weighted by molar-refractivity contribution is 0.0426. The number of rotatable bonds is 4. The van der Waals surface area contributed by atoms with E-state index in [1.165, 1.54) is 56.7 Å². The lowest BCUT2D eigenvalue weighted by atomic mass is 9.79. The zero-order valence-corrected chi connectivity index (χ0v) is 13.2. The number of thioether (sulfide) groups is 1.